The van der Waals surface area contributed by atoms with E-state index in [1.165, 1.54) is 18.9 Å². The lowest BCUT2D eigenvalue weighted by Crippen LogP contribution is -2.14. The number of nitrogens with one attached hydrogen (secondary N) is 1. The first kappa shape index (κ1) is 19.5. The van der Waals surface area contributed by atoms with Crippen LogP contribution in [-0.4, -0.2) is 25.5 Å². The fourth-order valence-electron chi connectivity index (χ4n) is 3.26. The van der Waals surface area contributed by atoms with Gasteiger partial charge in [0.15, 0.2) is 0 Å². The third-order valence-corrected chi connectivity index (χ3v) is 5.48. The Bertz CT molecular complexity index is 1050. The monoisotopic (exact) mass is 409 g/mol. The van der Waals surface area contributed by atoms with Crippen LogP contribution in [0.5, 0.6) is 0 Å². The molecular weight excluding hydrogens is 386 g/mol. The Balaban J connectivity index is 1.46. The van der Waals surface area contributed by atoms with Gasteiger partial charge in [-0.1, -0.05) is 41.9 Å². The number of halogens is 1. The van der Waals surface area contributed by atoms with E-state index in [0.29, 0.717) is 17.6 Å². The van der Waals surface area contributed by atoms with E-state index in [2.05, 4.69) is 15.5 Å². The topological polar surface area (TPSA) is 64.7 Å². The van der Waals surface area contributed by atoms with E-state index in [0.717, 1.165) is 34.7 Å². The molecule has 1 aromatic carbocycles. The summed E-state index contributed by atoms with van der Waals surface area (Å²) in [6, 6.07) is 10.0. The second-order valence-corrected chi connectivity index (χ2v) is 7.92. The molecule has 1 fully saturated rings. The van der Waals surface area contributed by atoms with E-state index in [1.54, 1.807) is 17.0 Å². The van der Waals surface area contributed by atoms with Gasteiger partial charge in [-0.05, 0) is 44.2 Å². The van der Waals surface area contributed by atoms with E-state index in [4.69, 9.17) is 11.6 Å². The van der Waals surface area contributed by atoms with Crippen molar-refractivity contribution in [2.45, 2.75) is 39.8 Å². The Hall–Kier alpha value is -2.86. The summed E-state index contributed by atoms with van der Waals surface area (Å²) < 4.78 is 3.63. The molecule has 1 aliphatic carbocycles. The molecule has 1 amide bonds. The van der Waals surface area contributed by atoms with E-state index in [9.17, 15) is 4.79 Å². The van der Waals surface area contributed by atoms with E-state index in [1.807, 2.05) is 48.9 Å². The zero-order valence-electron chi connectivity index (χ0n) is 16.6. The van der Waals surface area contributed by atoms with Crippen LogP contribution in [-0.2, 0) is 17.9 Å². The molecule has 7 heteroatoms. The second kappa shape index (κ2) is 8.25. The number of carbonyl (C=O) groups is 1. The molecule has 0 radical (unpaired) electrons. The number of benzene rings is 1. The van der Waals surface area contributed by atoms with Crippen LogP contribution in [0, 0.1) is 19.8 Å². The number of nitrogens with zero attached hydrogens (tertiary/aromatic N) is 4. The van der Waals surface area contributed by atoms with Crippen LogP contribution in [0.3, 0.4) is 0 Å². The van der Waals surface area contributed by atoms with E-state index < -0.39 is 0 Å². The lowest BCUT2D eigenvalue weighted by Gasteiger charge is -2.08. The molecule has 0 saturated heterocycles. The second-order valence-electron chi connectivity index (χ2n) is 7.56. The summed E-state index contributed by atoms with van der Waals surface area (Å²) in [4.78, 5) is 12.5. The summed E-state index contributed by atoms with van der Waals surface area (Å²) in [5.74, 6) is 1.23. The SMILES string of the molecule is Cc1cnn(CC2CC2)c1NC(=O)/C=C/c1c(C)nn(Cc2ccccc2)c1Cl. The Morgan fingerprint density at radius 1 is 1.24 bits per heavy atom. The first-order valence-electron chi connectivity index (χ1n) is 9.79. The molecule has 6 nitrogen and oxygen atoms in total. The van der Waals surface area contributed by atoms with Crippen LogP contribution in [0.2, 0.25) is 5.15 Å². The molecule has 0 bridgehead atoms. The predicted octanol–water partition coefficient (Wildman–Crippen LogP) is 4.46. The predicted molar refractivity (Wildman–Crippen MR) is 115 cm³/mol. The number of aryl methyl sites for hydroxylation is 2. The molecular formula is C22H24ClN5O. The van der Waals surface area contributed by atoms with Gasteiger partial charge in [0.25, 0.3) is 0 Å². The van der Waals surface area contributed by atoms with Gasteiger partial charge in [0.2, 0.25) is 5.91 Å². The summed E-state index contributed by atoms with van der Waals surface area (Å²) in [5.41, 5.74) is 3.60. The summed E-state index contributed by atoms with van der Waals surface area (Å²) >= 11 is 6.52. The number of hydrogen-bond donors (Lipinski definition) is 1. The van der Waals surface area contributed by atoms with Crippen LogP contribution in [0.4, 0.5) is 5.82 Å². The highest BCUT2D eigenvalue weighted by molar-refractivity contribution is 6.31. The summed E-state index contributed by atoms with van der Waals surface area (Å²) in [5, 5.41) is 12.4. The Morgan fingerprint density at radius 2 is 2.00 bits per heavy atom. The third kappa shape index (κ3) is 4.59. The molecule has 2 aromatic heterocycles. The van der Waals surface area contributed by atoms with Gasteiger partial charge in [-0.2, -0.15) is 10.2 Å². The van der Waals surface area contributed by atoms with Crippen LogP contribution >= 0.6 is 11.6 Å². The van der Waals surface area contributed by atoms with Crippen LogP contribution in [0.25, 0.3) is 6.08 Å². The third-order valence-electron chi connectivity index (χ3n) is 5.08. The molecule has 2 heterocycles. The summed E-state index contributed by atoms with van der Waals surface area (Å²) in [6.07, 6.45) is 7.47. The Labute approximate surface area is 175 Å². The van der Waals surface area contributed by atoms with Gasteiger partial charge >= 0.3 is 0 Å². The molecule has 0 spiro atoms. The van der Waals surface area contributed by atoms with Crippen molar-refractivity contribution in [2.24, 2.45) is 5.92 Å². The number of hydrogen-bond acceptors (Lipinski definition) is 3. The van der Waals surface area contributed by atoms with Crippen molar-refractivity contribution >= 4 is 29.4 Å². The quantitative estimate of drug-likeness (QED) is 0.586. The number of anilines is 1. The highest BCUT2D eigenvalue weighted by Gasteiger charge is 2.24. The van der Waals surface area contributed by atoms with Crippen molar-refractivity contribution in [3.05, 3.63) is 70.1 Å². The summed E-state index contributed by atoms with van der Waals surface area (Å²) in [7, 11) is 0. The fourth-order valence-corrected chi connectivity index (χ4v) is 3.56. The van der Waals surface area contributed by atoms with Crippen molar-refractivity contribution < 1.29 is 4.79 Å². The molecule has 0 atom stereocenters. The molecule has 1 aliphatic rings. The van der Waals surface area contributed by atoms with Gasteiger partial charge < -0.3 is 5.32 Å². The average Bonchev–Trinajstić information content (AvgIpc) is 3.41. The lowest BCUT2D eigenvalue weighted by molar-refractivity contribution is -0.111. The van der Waals surface area contributed by atoms with E-state index in [-0.39, 0.29) is 5.91 Å². The van der Waals surface area contributed by atoms with Gasteiger partial charge in [-0.25, -0.2) is 9.36 Å². The minimum absolute atomic E-state index is 0.211. The Morgan fingerprint density at radius 3 is 2.72 bits per heavy atom. The van der Waals surface area contributed by atoms with Crippen molar-refractivity contribution in [2.75, 3.05) is 5.32 Å². The van der Waals surface area contributed by atoms with Gasteiger partial charge in [0.1, 0.15) is 11.0 Å². The molecule has 4 rings (SSSR count). The zero-order chi connectivity index (χ0) is 20.4. The van der Waals surface area contributed by atoms with Crippen molar-refractivity contribution in [3.8, 4) is 0 Å². The minimum Gasteiger partial charge on any atom is -0.307 e. The molecule has 0 aliphatic heterocycles. The molecule has 150 valence electrons. The molecule has 1 N–H and O–H groups in total. The maximum atomic E-state index is 12.5. The van der Waals surface area contributed by atoms with E-state index >= 15 is 0 Å². The van der Waals surface area contributed by atoms with Gasteiger partial charge in [-0.3, -0.25) is 4.79 Å². The van der Waals surface area contributed by atoms with Crippen LogP contribution in [0.15, 0.2) is 42.6 Å². The normalized spacial score (nSPS) is 13.9. The standard InChI is InChI=1S/C22H24ClN5O/c1-15-12-24-28(14-18-8-9-18)22(15)25-20(29)11-10-19-16(2)26-27(21(19)23)13-17-6-4-3-5-7-17/h3-7,10-12,18H,8-9,13-14H2,1-2H3,(H,25,29)/b11-10+. The molecule has 29 heavy (non-hydrogen) atoms. The van der Waals surface area contributed by atoms with Crippen molar-refractivity contribution in [3.63, 3.8) is 0 Å². The lowest BCUT2D eigenvalue weighted by atomic mass is 10.2. The van der Waals surface area contributed by atoms with Crippen molar-refractivity contribution in [1.29, 1.82) is 0 Å². The highest BCUT2D eigenvalue weighted by atomic mass is 35.5. The summed E-state index contributed by atoms with van der Waals surface area (Å²) in [6.45, 7) is 5.27. The largest absolute Gasteiger partial charge is 0.307 e. The maximum Gasteiger partial charge on any atom is 0.249 e. The Kier molecular flexibility index (Phi) is 5.53. The van der Waals surface area contributed by atoms with Crippen LogP contribution in [0.1, 0.15) is 35.2 Å². The first-order valence-corrected chi connectivity index (χ1v) is 10.2. The minimum atomic E-state index is -0.211. The maximum absolute atomic E-state index is 12.5. The number of aromatic nitrogens is 4. The number of amides is 1. The molecule has 0 unspecified atom stereocenters. The smallest absolute Gasteiger partial charge is 0.249 e. The average molecular weight is 410 g/mol. The fraction of sp³-hybridized carbons (Fsp3) is 0.318. The van der Waals surface area contributed by atoms with Crippen LogP contribution < -0.4 is 5.32 Å². The van der Waals surface area contributed by atoms with Gasteiger partial charge in [0, 0.05) is 23.7 Å². The number of rotatable bonds is 7. The number of carbonyl (C=O) groups excluding carboxylic acids is 1. The van der Waals surface area contributed by atoms with Gasteiger partial charge in [-0.15, -0.1) is 0 Å². The van der Waals surface area contributed by atoms with Crippen molar-refractivity contribution in [1.82, 2.24) is 19.6 Å². The molecule has 1 saturated carbocycles. The zero-order valence-corrected chi connectivity index (χ0v) is 17.4. The first-order chi connectivity index (χ1) is 14.0. The van der Waals surface area contributed by atoms with Gasteiger partial charge in [0.05, 0.1) is 18.4 Å². The highest BCUT2D eigenvalue weighted by Crippen LogP contribution is 2.32. The molecule has 3 aromatic rings.